The Morgan fingerprint density at radius 3 is 2.89 bits per heavy atom. The maximum absolute atomic E-state index is 11.2. The summed E-state index contributed by atoms with van der Waals surface area (Å²) in [6.45, 7) is 2.06. The van der Waals surface area contributed by atoms with Gasteiger partial charge in [0.25, 0.3) is 0 Å². The minimum absolute atomic E-state index is 0.169. The van der Waals surface area contributed by atoms with Crippen LogP contribution in [-0.2, 0) is 10.8 Å². The van der Waals surface area contributed by atoms with E-state index in [0.717, 1.165) is 23.2 Å². The van der Waals surface area contributed by atoms with E-state index in [2.05, 4.69) is 11.9 Å². The van der Waals surface area contributed by atoms with Gasteiger partial charge >= 0.3 is 0 Å². The Labute approximate surface area is 115 Å². The van der Waals surface area contributed by atoms with Crippen molar-refractivity contribution >= 4 is 27.8 Å². The topological polar surface area (TPSA) is 70.1 Å². The molecule has 2 aromatic rings. The Bertz CT molecular complexity index is 609. The first kappa shape index (κ1) is 13.9. The minimum atomic E-state index is -0.788. The van der Waals surface area contributed by atoms with E-state index in [1.807, 2.05) is 22.8 Å². The first-order valence-electron chi connectivity index (χ1n) is 6.14. The summed E-state index contributed by atoms with van der Waals surface area (Å²) in [6, 6.07) is 5.89. The molecule has 5 nitrogen and oxygen atoms in total. The zero-order chi connectivity index (χ0) is 14.0. The summed E-state index contributed by atoms with van der Waals surface area (Å²) in [5.41, 5.74) is 7.79. The van der Waals surface area contributed by atoms with Gasteiger partial charge in [-0.3, -0.25) is 4.21 Å². The Hall–Kier alpha value is -1.56. The van der Waals surface area contributed by atoms with Crippen LogP contribution < -0.4 is 10.5 Å². The molecule has 0 amide bonds. The summed E-state index contributed by atoms with van der Waals surface area (Å²) >= 11 is 0. The van der Waals surface area contributed by atoms with Crippen molar-refractivity contribution in [1.29, 1.82) is 0 Å². The van der Waals surface area contributed by atoms with Crippen LogP contribution in [0.15, 0.2) is 18.2 Å². The number of fused-ring (bicyclic) bond motifs is 1. The summed E-state index contributed by atoms with van der Waals surface area (Å²) in [4.78, 5) is 4.35. The zero-order valence-corrected chi connectivity index (χ0v) is 12.2. The van der Waals surface area contributed by atoms with Crippen LogP contribution >= 0.6 is 0 Å². The molecule has 0 aliphatic rings. The number of nitrogen functional groups attached to an aromatic ring is 1. The maximum atomic E-state index is 11.2. The van der Waals surface area contributed by atoms with Crippen molar-refractivity contribution in [2.45, 2.75) is 19.4 Å². The van der Waals surface area contributed by atoms with Crippen LogP contribution in [0.25, 0.3) is 11.0 Å². The minimum Gasteiger partial charge on any atom is -0.497 e. The molecule has 0 aliphatic heterocycles. The van der Waals surface area contributed by atoms with Gasteiger partial charge in [-0.2, -0.15) is 0 Å². The Morgan fingerprint density at radius 2 is 2.26 bits per heavy atom. The second kappa shape index (κ2) is 5.61. The van der Waals surface area contributed by atoms with Crippen LogP contribution in [0.5, 0.6) is 5.75 Å². The molecule has 0 spiro atoms. The zero-order valence-electron chi connectivity index (χ0n) is 11.4. The van der Waals surface area contributed by atoms with Crippen molar-refractivity contribution < 1.29 is 8.95 Å². The van der Waals surface area contributed by atoms with Crippen LogP contribution in [0, 0.1) is 0 Å². The average Bonchev–Trinajstić information content (AvgIpc) is 2.70. The van der Waals surface area contributed by atoms with Crippen molar-refractivity contribution in [2.24, 2.45) is 0 Å². The Balaban J connectivity index is 2.37. The molecule has 0 saturated heterocycles. The molecule has 2 N–H and O–H groups in total. The number of nitrogens with two attached hydrogens (primary N) is 1. The number of imidazole rings is 1. The summed E-state index contributed by atoms with van der Waals surface area (Å²) < 4.78 is 18.4. The van der Waals surface area contributed by atoms with Gasteiger partial charge < -0.3 is 15.0 Å². The summed E-state index contributed by atoms with van der Waals surface area (Å²) in [7, 11) is 0.838. The van der Waals surface area contributed by atoms with E-state index in [0.29, 0.717) is 11.7 Å². The lowest BCUT2D eigenvalue weighted by Gasteiger charge is -2.15. The Morgan fingerprint density at radius 1 is 1.53 bits per heavy atom. The molecule has 0 fully saturated rings. The van der Waals surface area contributed by atoms with Crippen molar-refractivity contribution in [3.05, 3.63) is 18.2 Å². The van der Waals surface area contributed by atoms with Crippen LogP contribution in [-0.4, -0.2) is 32.9 Å². The van der Waals surface area contributed by atoms with Crippen molar-refractivity contribution in [1.82, 2.24) is 9.55 Å². The normalized spacial score (nSPS) is 14.5. The fourth-order valence-electron chi connectivity index (χ4n) is 2.15. The highest BCUT2D eigenvalue weighted by atomic mass is 32.2. The number of methoxy groups -OCH3 is 1. The smallest absolute Gasteiger partial charge is 0.201 e. The largest absolute Gasteiger partial charge is 0.497 e. The third-order valence-electron chi connectivity index (χ3n) is 3.19. The molecule has 1 heterocycles. The molecule has 2 unspecified atom stereocenters. The summed E-state index contributed by atoms with van der Waals surface area (Å²) in [5, 5.41) is 0. The number of aromatic nitrogens is 2. The number of anilines is 1. The number of benzene rings is 1. The van der Waals surface area contributed by atoms with E-state index in [9.17, 15) is 4.21 Å². The van der Waals surface area contributed by atoms with Gasteiger partial charge in [-0.25, -0.2) is 4.98 Å². The second-order valence-corrected chi connectivity index (χ2v) is 6.16. The van der Waals surface area contributed by atoms with Crippen molar-refractivity contribution in [3.8, 4) is 5.75 Å². The van der Waals surface area contributed by atoms with E-state index in [-0.39, 0.29) is 6.04 Å². The first-order chi connectivity index (χ1) is 9.02. The first-order valence-corrected chi connectivity index (χ1v) is 7.87. The molecular weight excluding hydrogens is 262 g/mol. The van der Waals surface area contributed by atoms with Crippen molar-refractivity contribution in [2.75, 3.05) is 24.9 Å². The maximum Gasteiger partial charge on any atom is 0.201 e. The lowest BCUT2D eigenvalue weighted by molar-refractivity contribution is 0.415. The standard InChI is InChI=1S/C13H19N3O2S/c1-9(6-7-19(3)17)16-12-5-4-10(18-2)8-11(12)15-13(16)14/h4-5,8-9H,6-7H2,1-3H3,(H2,14,15). The summed E-state index contributed by atoms with van der Waals surface area (Å²) in [5.74, 6) is 1.91. The molecule has 2 rings (SSSR count). The predicted octanol–water partition coefficient (Wildman–Crippen LogP) is 1.96. The van der Waals surface area contributed by atoms with Gasteiger partial charge in [0.05, 0.1) is 18.1 Å². The Kier molecular flexibility index (Phi) is 4.09. The number of hydrogen-bond donors (Lipinski definition) is 1. The van der Waals surface area contributed by atoms with Gasteiger partial charge in [0.2, 0.25) is 5.95 Å². The third kappa shape index (κ3) is 2.89. The number of hydrogen-bond acceptors (Lipinski definition) is 4. The van der Waals surface area contributed by atoms with E-state index in [1.165, 1.54) is 0 Å². The second-order valence-electron chi connectivity index (χ2n) is 4.61. The number of rotatable bonds is 5. The van der Waals surface area contributed by atoms with Gasteiger partial charge in [0.15, 0.2) is 0 Å². The summed E-state index contributed by atoms with van der Waals surface area (Å²) in [6.07, 6.45) is 2.53. The molecule has 2 atom stereocenters. The molecule has 0 radical (unpaired) electrons. The number of nitrogens with zero attached hydrogens (tertiary/aromatic N) is 2. The molecule has 0 aliphatic carbocycles. The molecule has 1 aromatic carbocycles. The van der Waals surface area contributed by atoms with Crippen molar-refractivity contribution in [3.63, 3.8) is 0 Å². The van der Waals surface area contributed by atoms with Crippen LogP contribution in [0.1, 0.15) is 19.4 Å². The monoisotopic (exact) mass is 281 g/mol. The van der Waals surface area contributed by atoms with Crippen LogP contribution in [0.4, 0.5) is 5.95 Å². The van der Waals surface area contributed by atoms with Gasteiger partial charge in [0, 0.05) is 34.9 Å². The lowest BCUT2D eigenvalue weighted by Crippen LogP contribution is -2.11. The molecular formula is C13H19N3O2S. The van der Waals surface area contributed by atoms with Crippen LogP contribution in [0.2, 0.25) is 0 Å². The average molecular weight is 281 g/mol. The molecule has 1 aromatic heterocycles. The van der Waals surface area contributed by atoms with Gasteiger partial charge in [-0.1, -0.05) is 0 Å². The van der Waals surface area contributed by atoms with E-state index < -0.39 is 10.8 Å². The lowest BCUT2D eigenvalue weighted by atomic mass is 10.2. The van der Waals surface area contributed by atoms with Gasteiger partial charge in [0.1, 0.15) is 5.75 Å². The predicted molar refractivity (Wildman–Crippen MR) is 79.0 cm³/mol. The van der Waals surface area contributed by atoms with Gasteiger partial charge in [-0.15, -0.1) is 0 Å². The van der Waals surface area contributed by atoms with E-state index in [4.69, 9.17) is 10.5 Å². The molecule has 0 saturated carbocycles. The molecule has 19 heavy (non-hydrogen) atoms. The molecule has 0 bridgehead atoms. The third-order valence-corrected chi connectivity index (χ3v) is 4.00. The highest BCUT2D eigenvalue weighted by molar-refractivity contribution is 7.84. The highest BCUT2D eigenvalue weighted by Crippen LogP contribution is 2.27. The van der Waals surface area contributed by atoms with Gasteiger partial charge in [-0.05, 0) is 25.5 Å². The molecule has 104 valence electrons. The van der Waals surface area contributed by atoms with E-state index >= 15 is 0 Å². The highest BCUT2D eigenvalue weighted by Gasteiger charge is 2.14. The SMILES string of the molecule is COc1ccc2c(c1)nc(N)n2C(C)CCS(C)=O. The van der Waals surface area contributed by atoms with E-state index in [1.54, 1.807) is 13.4 Å². The van der Waals surface area contributed by atoms with Crippen LogP contribution in [0.3, 0.4) is 0 Å². The quantitative estimate of drug-likeness (QED) is 0.909. The fraction of sp³-hybridized carbons (Fsp3) is 0.462. The number of ether oxygens (including phenoxy) is 1. The fourth-order valence-corrected chi connectivity index (χ4v) is 2.83. The molecule has 6 heteroatoms.